The van der Waals surface area contributed by atoms with Crippen molar-refractivity contribution >= 4 is 28.9 Å². The summed E-state index contributed by atoms with van der Waals surface area (Å²) in [5, 5.41) is 0.785. The van der Waals surface area contributed by atoms with Crippen LogP contribution in [-0.4, -0.2) is 13.1 Å². The molecule has 0 radical (unpaired) electrons. The minimum Gasteiger partial charge on any atom is -0.371 e. The summed E-state index contributed by atoms with van der Waals surface area (Å²) in [5.41, 5.74) is 2.77. The van der Waals surface area contributed by atoms with Crippen molar-refractivity contribution in [2.45, 2.75) is 39.0 Å². The monoisotopic (exact) mass is 285 g/mol. The predicted molar refractivity (Wildman–Crippen MR) is 80.9 cm³/mol. The molecule has 1 saturated heterocycles. The lowest BCUT2D eigenvalue weighted by molar-refractivity contribution is 0.301. The Hall–Kier alpha value is -0.400. The number of hydrogen-bond donors (Lipinski definition) is 0. The van der Waals surface area contributed by atoms with Crippen LogP contribution in [0.1, 0.15) is 38.7 Å². The number of anilines is 1. The van der Waals surface area contributed by atoms with Crippen LogP contribution in [0.15, 0.2) is 18.2 Å². The number of nitrogens with zero attached hydrogens (tertiary/aromatic N) is 1. The molecule has 1 aliphatic rings. The Morgan fingerprint density at radius 1 is 1.28 bits per heavy atom. The van der Waals surface area contributed by atoms with Crippen molar-refractivity contribution in [1.29, 1.82) is 0 Å². The molecule has 2 rings (SSSR count). The maximum atomic E-state index is 6.24. The zero-order valence-electron chi connectivity index (χ0n) is 11.2. The van der Waals surface area contributed by atoms with E-state index in [9.17, 15) is 0 Å². The Labute approximate surface area is 120 Å². The third kappa shape index (κ3) is 2.48. The normalized spacial score (nSPS) is 18.3. The fourth-order valence-corrected chi connectivity index (χ4v) is 3.53. The van der Waals surface area contributed by atoms with Crippen LogP contribution < -0.4 is 4.90 Å². The van der Waals surface area contributed by atoms with Gasteiger partial charge in [0.2, 0.25) is 0 Å². The van der Waals surface area contributed by atoms with Gasteiger partial charge in [0.15, 0.2) is 0 Å². The summed E-state index contributed by atoms with van der Waals surface area (Å²) in [5.74, 6) is 0.483. The third-order valence-corrected chi connectivity index (χ3v) is 5.13. The van der Waals surface area contributed by atoms with Crippen molar-refractivity contribution < 1.29 is 0 Å². The van der Waals surface area contributed by atoms with Crippen LogP contribution in [0, 0.1) is 5.41 Å². The third-order valence-electron chi connectivity index (χ3n) is 4.51. The number of alkyl halides is 1. The van der Waals surface area contributed by atoms with Crippen molar-refractivity contribution in [3.63, 3.8) is 0 Å². The summed E-state index contributed by atoms with van der Waals surface area (Å²) in [6.45, 7) is 6.84. The molecular weight excluding hydrogens is 265 g/mol. The summed E-state index contributed by atoms with van der Waals surface area (Å²) in [4.78, 5) is 2.45. The first kappa shape index (κ1) is 14.0. The van der Waals surface area contributed by atoms with Crippen molar-refractivity contribution in [2.75, 3.05) is 18.0 Å². The predicted octanol–water partition coefficient (Wildman–Crippen LogP) is 5.10. The lowest BCUT2D eigenvalue weighted by Gasteiger charge is -2.28. The molecule has 1 heterocycles. The van der Waals surface area contributed by atoms with Crippen LogP contribution in [0.3, 0.4) is 0 Å². The smallest absolute Gasteiger partial charge is 0.0509 e. The molecular formula is C15H21Cl2N. The average Bonchev–Trinajstić information content (AvgIpc) is 2.83. The van der Waals surface area contributed by atoms with Crippen LogP contribution in [0.5, 0.6) is 0 Å². The van der Waals surface area contributed by atoms with Crippen molar-refractivity contribution in [3.05, 3.63) is 28.8 Å². The molecule has 1 aliphatic heterocycles. The summed E-state index contributed by atoms with van der Waals surface area (Å²) in [7, 11) is 0. The van der Waals surface area contributed by atoms with Crippen LogP contribution in [-0.2, 0) is 5.88 Å². The first-order chi connectivity index (χ1) is 8.65. The second-order valence-electron chi connectivity index (χ2n) is 5.25. The van der Waals surface area contributed by atoms with Gasteiger partial charge in [-0.15, -0.1) is 11.6 Å². The first-order valence-corrected chi connectivity index (χ1v) is 7.65. The van der Waals surface area contributed by atoms with Gasteiger partial charge < -0.3 is 4.90 Å². The highest BCUT2D eigenvalue weighted by Gasteiger charge is 2.35. The van der Waals surface area contributed by atoms with Gasteiger partial charge in [0.25, 0.3) is 0 Å². The fraction of sp³-hybridized carbons (Fsp3) is 0.600. The molecule has 0 saturated carbocycles. The van der Waals surface area contributed by atoms with Crippen LogP contribution in [0.4, 0.5) is 5.69 Å². The van der Waals surface area contributed by atoms with E-state index in [0.717, 1.165) is 23.7 Å². The van der Waals surface area contributed by atoms with E-state index in [4.69, 9.17) is 23.2 Å². The van der Waals surface area contributed by atoms with Gasteiger partial charge in [-0.1, -0.05) is 31.5 Å². The summed E-state index contributed by atoms with van der Waals surface area (Å²) in [6, 6.07) is 6.09. The first-order valence-electron chi connectivity index (χ1n) is 6.74. The molecule has 3 heteroatoms. The molecule has 18 heavy (non-hydrogen) atoms. The standard InChI is InChI=1S/C15H21Cl2N/c1-3-15(4-2)8-9-18(11-15)14-7-5-6-13(17)12(14)10-16/h5-7H,3-4,8-11H2,1-2H3. The van der Waals surface area contributed by atoms with Crippen molar-refractivity contribution in [1.82, 2.24) is 0 Å². The minimum atomic E-state index is 0.478. The number of halogens is 2. The zero-order valence-corrected chi connectivity index (χ0v) is 12.7. The number of rotatable bonds is 4. The van der Waals surface area contributed by atoms with E-state index in [0.29, 0.717) is 11.3 Å². The molecule has 1 fully saturated rings. The molecule has 0 aliphatic carbocycles. The largest absolute Gasteiger partial charge is 0.371 e. The summed E-state index contributed by atoms with van der Waals surface area (Å²) < 4.78 is 0. The van der Waals surface area contributed by atoms with E-state index in [1.165, 1.54) is 24.9 Å². The Kier molecular flexibility index (Phi) is 4.45. The quantitative estimate of drug-likeness (QED) is 0.696. The van der Waals surface area contributed by atoms with E-state index in [2.05, 4.69) is 24.8 Å². The Morgan fingerprint density at radius 2 is 2.00 bits per heavy atom. The van der Waals surface area contributed by atoms with Gasteiger partial charge in [-0.05, 0) is 36.8 Å². The highest BCUT2D eigenvalue weighted by Crippen LogP contribution is 2.41. The minimum absolute atomic E-state index is 0.478. The van der Waals surface area contributed by atoms with Crippen molar-refractivity contribution in [2.24, 2.45) is 5.41 Å². The molecule has 1 aromatic carbocycles. The van der Waals surface area contributed by atoms with Gasteiger partial charge in [0.1, 0.15) is 0 Å². The van der Waals surface area contributed by atoms with Gasteiger partial charge in [-0.3, -0.25) is 0 Å². The average molecular weight is 286 g/mol. The maximum absolute atomic E-state index is 6.24. The molecule has 0 atom stereocenters. The molecule has 0 aromatic heterocycles. The second-order valence-corrected chi connectivity index (χ2v) is 5.92. The zero-order chi connectivity index (χ0) is 13.2. The molecule has 0 bridgehead atoms. The van der Waals surface area contributed by atoms with E-state index < -0.39 is 0 Å². The second kappa shape index (κ2) is 5.71. The van der Waals surface area contributed by atoms with Crippen LogP contribution in [0.25, 0.3) is 0 Å². The highest BCUT2D eigenvalue weighted by atomic mass is 35.5. The Balaban J connectivity index is 2.27. The number of hydrogen-bond acceptors (Lipinski definition) is 1. The van der Waals surface area contributed by atoms with Gasteiger partial charge in [-0.25, -0.2) is 0 Å². The molecule has 0 N–H and O–H groups in total. The van der Waals surface area contributed by atoms with Crippen LogP contribution in [0.2, 0.25) is 5.02 Å². The van der Waals surface area contributed by atoms with E-state index in [1.54, 1.807) is 0 Å². The topological polar surface area (TPSA) is 3.24 Å². The molecule has 1 aromatic rings. The van der Waals surface area contributed by atoms with Gasteiger partial charge >= 0.3 is 0 Å². The highest BCUT2D eigenvalue weighted by molar-refractivity contribution is 6.32. The molecule has 0 spiro atoms. The van der Waals surface area contributed by atoms with Gasteiger partial charge in [0.05, 0.1) is 5.88 Å². The lowest BCUT2D eigenvalue weighted by Crippen LogP contribution is -2.26. The fourth-order valence-electron chi connectivity index (χ4n) is 2.94. The van der Waals surface area contributed by atoms with Gasteiger partial charge in [0, 0.05) is 29.4 Å². The molecule has 100 valence electrons. The molecule has 0 amide bonds. The van der Waals surface area contributed by atoms with Crippen LogP contribution >= 0.6 is 23.2 Å². The van der Waals surface area contributed by atoms with E-state index in [1.807, 2.05) is 12.1 Å². The lowest BCUT2D eigenvalue weighted by atomic mass is 9.82. The number of benzene rings is 1. The SMILES string of the molecule is CCC1(CC)CCN(c2cccc(Cl)c2CCl)C1. The van der Waals surface area contributed by atoms with Gasteiger partial charge in [-0.2, -0.15) is 0 Å². The Bertz CT molecular complexity index is 413. The summed E-state index contributed by atoms with van der Waals surface area (Å²) in [6.07, 6.45) is 3.77. The van der Waals surface area contributed by atoms with E-state index in [-0.39, 0.29) is 0 Å². The Morgan fingerprint density at radius 3 is 2.56 bits per heavy atom. The summed E-state index contributed by atoms with van der Waals surface area (Å²) >= 11 is 12.3. The van der Waals surface area contributed by atoms with Crippen molar-refractivity contribution in [3.8, 4) is 0 Å². The van der Waals surface area contributed by atoms with E-state index >= 15 is 0 Å². The molecule has 1 nitrogen and oxygen atoms in total. The maximum Gasteiger partial charge on any atom is 0.0509 e. The molecule has 0 unspecified atom stereocenters.